The lowest BCUT2D eigenvalue weighted by atomic mass is 10.1. The molecule has 2 aromatic carbocycles. The smallest absolute Gasteiger partial charge is 0.282 e. The highest BCUT2D eigenvalue weighted by Gasteiger charge is 2.32. The Balaban J connectivity index is 1.12. The number of amides is 2. The van der Waals surface area contributed by atoms with Crippen molar-refractivity contribution in [2.75, 3.05) is 29.9 Å². The van der Waals surface area contributed by atoms with Crippen molar-refractivity contribution in [1.29, 1.82) is 0 Å². The first-order chi connectivity index (χ1) is 17.5. The van der Waals surface area contributed by atoms with Gasteiger partial charge >= 0.3 is 0 Å². The number of nitrogens with one attached hydrogen (secondary N) is 2. The van der Waals surface area contributed by atoms with Crippen LogP contribution in [-0.4, -0.2) is 52.6 Å². The number of hydrogen-bond acceptors (Lipinski definition) is 7. The molecule has 0 bridgehead atoms. The molecule has 2 amide bonds. The fourth-order valence-corrected chi connectivity index (χ4v) is 5.39. The summed E-state index contributed by atoms with van der Waals surface area (Å²) in [4.78, 5) is 29.6. The van der Waals surface area contributed by atoms with Gasteiger partial charge in [0.1, 0.15) is 0 Å². The van der Waals surface area contributed by atoms with E-state index >= 15 is 0 Å². The second-order valence-corrected chi connectivity index (χ2v) is 10.7. The minimum absolute atomic E-state index is 0.00617. The second kappa shape index (κ2) is 11.4. The Morgan fingerprint density at radius 3 is 2.47 bits per heavy atom. The van der Waals surface area contributed by atoms with Gasteiger partial charge in [-0.2, -0.15) is 0 Å². The molecule has 10 heteroatoms. The Kier molecular flexibility index (Phi) is 7.79. The van der Waals surface area contributed by atoms with Gasteiger partial charge in [-0.3, -0.25) is 14.5 Å². The molecule has 1 unspecified atom stereocenters. The number of hydrogen-bond donors (Lipinski definition) is 2. The molecule has 2 aliphatic rings. The van der Waals surface area contributed by atoms with Gasteiger partial charge in [0, 0.05) is 36.8 Å². The third-order valence-corrected chi connectivity index (χ3v) is 7.67. The monoisotopic (exact) mass is 524 g/mol. The number of piperidine rings is 1. The SMILES string of the molecule is O=C(NC1CC(=O)N(c2ccc(CN3CCCCC3)cc2)C1)c1nnc(NCc2ccc(Cl)cc2)s1. The third-order valence-electron chi connectivity index (χ3n) is 6.54. The molecule has 0 radical (unpaired) electrons. The molecule has 36 heavy (non-hydrogen) atoms. The number of aromatic nitrogens is 2. The Hall–Kier alpha value is -3.01. The van der Waals surface area contributed by atoms with Crippen LogP contribution in [0.3, 0.4) is 0 Å². The molecule has 0 aliphatic carbocycles. The second-order valence-electron chi connectivity index (χ2n) is 9.27. The van der Waals surface area contributed by atoms with Crippen molar-refractivity contribution in [2.45, 2.75) is 44.8 Å². The number of rotatable bonds is 8. The van der Waals surface area contributed by atoms with E-state index in [0.717, 1.165) is 30.9 Å². The normalized spacial score (nSPS) is 18.4. The van der Waals surface area contributed by atoms with Gasteiger partial charge < -0.3 is 15.5 Å². The van der Waals surface area contributed by atoms with Gasteiger partial charge in [-0.05, 0) is 61.3 Å². The molecule has 2 aliphatic heterocycles. The van der Waals surface area contributed by atoms with Gasteiger partial charge in [-0.1, -0.05) is 53.6 Å². The molecule has 2 fully saturated rings. The van der Waals surface area contributed by atoms with Crippen LogP contribution in [0.15, 0.2) is 48.5 Å². The summed E-state index contributed by atoms with van der Waals surface area (Å²) in [5.74, 6) is -0.310. The van der Waals surface area contributed by atoms with Crippen molar-refractivity contribution < 1.29 is 9.59 Å². The van der Waals surface area contributed by atoms with Crippen LogP contribution in [0, 0.1) is 0 Å². The first-order valence-corrected chi connectivity index (χ1v) is 13.5. The van der Waals surface area contributed by atoms with Gasteiger partial charge in [0.25, 0.3) is 5.91 Å². The van der Waals surface area contributed by atoms with E-state index in [1.807, 2.05) is 36.4 Å². The Bertz CT molecular complexity index is 1190. The van der Waals surface area contributed by atoms with Gasteiger partial charge in [-0.25, -0.2) is 0 Å². The minimum Gasteiger partial charge on any atom is -0.356 e. The van der Waals surface area contributed by atoms with Gasteiger partial charge in [0.2, 0.25) is 16.0 Å². The summed E-state index contributed by atoms with van der Waals surface area (Å²) in [5, 5.41) is 15.7. The predicted molar refractivity (Wildman–Crippen MR) is 142 cm³/mol. The average Bonchev–Trinajstić information content (AvgIpc) is 3.51. The summed E-state index contributed by atoms with van der Waals surface area (Å²) in [5.41, 5.74) is 3.17. The van der Waals surface area contributed by atoms with Crippen molar-refractivity contribution in [3.8, 4) is 0 Å². The number of halogens is 1. The minimum atomic E-state index is -0.316. The van der Waals surface area contributed by atoms with Crippen molar-refractivity contribution in [2.24, 2.45) is 0 Å². The number of carbonyl (C=O) groups is 2. The summed E-state index contributed by atoms with van der Waals surface area (Å²) in [6.45, 7) is 4.25. The topological polar surface area (TPSA) is 90.5 Å². The molecule has 2 saturated heterocycles. The maximum atomic E-state index is 12.7. The molecule has 188 valence electrons. The molecule has 5 rings (SSSR count). The zero-order valence-electron chi connectivity index (χ0n) is 20.0. The molecule has 0 saturated carbocycles. The molecular formula is C26H29ClN6O2S. The van der Waals surface area contributed by atoms with Crippen LogP contribution >= 0.6 is 22.9 Å². The van der Waals surface area contributed by atoms with E-state index in [0.29, 0.717) is 23.2 Å². The third kappa shape index (κ3) is 6.21. The van der Waals surface area contributed by atoms with Crippen molar-refractivity contribution >= 4 is 45.6 Å². The first-order valence-electron chi connectivity index (χ1n) is 12.3. The summed E-state index contributed by atoms with van der Waals surface area (Å²) >= 11 is 7.10. The molecule has 0 spiro atoms. The quantitative estimate of drug-likeness (QED) is 0.456. The van der Waals surface area contributed by atoms with Crippen molar-refractivity contribution in [3.05, 3.63) is 69.7 Å². The zero-order valence-corrected chi connectivity index (χ0v) is 21.5. The molecule has 1 aromatic heterocycles. The van der Waals surface area contributed by atoms with E-state index in [1.54, 1.807) is 4.90 Å². The van der Waals surface area contributed by atoms with Gasteiger partial charge in [0.15, 0.2) is 0 Å². The number of benzene rings is 2. The zero-order chi connectivity index (χ0) is 24.9. The lowest BCUT2D eigenvalue weighted by Gasteiger charge is -2.26. The van der Waals surface area contributed by atoms with Crippen LogP contribution in [-0.2, 0) is 17.9 Å². The van der Waals surface area contributed by atoms with Crippen LogP contribution in [0.2, 0.25) is 5.02 Å². The summed E-state index contributed by atoms with van der Waals surface area (Å²) in [6, 6.07) is 15.4. The Morgan fingerprint density at radius 1 is 1.00 bits per heavy atom. The molecule has 2 N–H and O–H groups in total. The van der Waals surface area contributed by atoms with Crippen LogP contribution in [0.5, 0.6) is 0 Å². The van der Waals surface area contributed by atoms with Crippen molar-refractivity contribution in [1.82, 2.24) is 20.4 Å². The fraction of sp³-hybridized carbons (Fsp3) is 0.385. The number of anilines is 2. The molecule has 3 aromatic rings. The number of carbonyl (C=O) groups excluding carboxylic acids is 2. The summed E-state index contributed by atoms with van der Waals surface area (Å²) < 4.78 is 0. The van der Waals surface area contributed by atoms with Crippen molar-refractivity contribution in [3.63, 3.8) is 0 Å². The summed E-state index contributed by atoms with van der Waals surface area (Å²) in [7, 11) is 0. The lowest BCUT2D eigenvalue weighted by Crippen LogP contribution is -2.37. The van der Waals surface area contributed by atoms with Crippen LogP contribution in [0.1, 0.15) is 46.6 Å². The average molecular weight is 525 g/mol. The van der Waals surface area contributed by atoms with Crippen LogP contribution in [0.25, 0.3) is 0 Å². The Labute approximate surface area is 219 Å². The van der Waals surface area contributed by atoms with E-state index in [-0.39, 0.29) is 29.3 Å². The molecule has 8 nitrogen and oxygen atoms in total. The molecule has 3 heterocycles. The van der Waals surface area contributed by atoms with E-state index in [9.17, 15) is 9.59 Å². The predicted octanol–water partition coefficient (Wildman–Crippen LogP) is 4.32. The van der Waals surface area contributed by atoms with E-state index in [2.05, 4.69) is 37.9 Å². The number of nitrogens with zero attached hydrogens (tertiary/aromatic N) is 4. The largest absolute Gasteiger partial charge is 0.356 e. The lowest BCUT2D eigenvalue weighted by molar-refractivity contribution is -0.117. The first kappa shape index (κ1) is 24.7. The van der Waals surface area contributed by atoms with Gasteiger partial charge in [0.05, 0.1) is 6.04 Å². The summed E-state index contributed by atoms with van der Waals surface area (Å²) in [6.07, 6.45) is 4.13. The molecular weight excluding hydrogens is 496 g/mol. The van der Waals surface area contributed by atoms with Crippen LogP contribution < -0.4 is 15.5 Å². The highest BCUT2D eigenvalue weighted by molar-refractivity contribution is 7.17. The van der Waals surface area contributed by atoms with E-state index in [1.165, 1.54) is 36.2 Å². The van der Waals surface area contributed by atoms with E-state index < -0.39 is 0 Å². The fourth-order valence-electron chi connectivity index (χ4n) is 4.62. The van der Waals surface area contributed by atoms with E-state index in [4.69, 9.17) is 11.6 Å². The molecule has 1 atom stereocenters. The number of likely N-dealkylation sites (tertiary alicyclic amines) is 1. The highest BCUT2D eigenvalue weighted by atomic mass is 35.5. The maximum absolute atomic E-state index is 12.7. The van der Waals surface area contributed by atoms with Crippen LogP contribution in [0.4, 0.5) is 10.8 Å². The maximum Gasteiger partial charge on any atom is 0.282 e. The Morgan fingerprint density at radius 2 is 1.72 bits per heavy atom. The highest BCUT2D eigenvalue weighted by Crippen LogP contribution is 2.24. The van der Waals surface area contributed by atoms with Gasteiger partial charge in [-0.15, -0.1) is 10.2 Å². The standard InChI is InChI=1S/C26H29ClN6O2S/c27-20-8-4-18(5-9-20)15-28-26-31-30-25(36-26)24(35)29-21-14-23(34)33(17-21)22-10-6-19(7-11-22)16-32-12-2-1-3-13-32/h4-11,21H,1-3,12-17H2,(H,28,31)(H,29,35).